The fourth-order valence-electron chi connectivity index (χ4n) is 3.76. The van der Waals surface area contributed by atoms with E-state index >= 15 is 0 Å². The molecule has 0 aromatic heterocycles. The highest BCUT2D eigenvalue weighted by molar-refractivity contribution is 5.38. The molecule has 1 aliphatic heterocycles. The van der Waals surface area contributed by atoms with Gasteiger partial charge in [-0.1, -0.05) is 13.3 Å². The molecule has 0 radical (unpaired) electrons. The zero-order valence-electron chi connectivity index (χ0n) is 11.9. The summed E-state index contributed by atoms with van der Waals surface area (Å²) in [7, 11) is 0. The van der Waals surface area contributed by atoms with Crippen LogP contribution in [-0.4, -0.2) is 6.10 Å². The number of halogens is 1. The quantitative estimate of drug-likeness (QED) is 0.825. The second kappa shape index (κ2) is 5.09. The van der Waals surface area contributed by atoms with E-state index in [4.69, 9.17) is 4.74 Å². The van der Waals surface area contributed by atoms with Crippen LogP contribution in [0.5, 0.6) is 5.75 Å². The summed E-state index contributed by atoms with van der Waals surface area (Å²) in [6.07, 6.45) is 5.81. The van der Waals surface area contributed by atoms with E-state index in [1.165, 1.54) is 6.07 Å². The summed E-state index contributed by atoms with van der Waals surface area (Å²) >= 11 is 0. The second-order valence-corrected chi connectivity index (χ2v) is 6.31. The van der Waals surface area contributed by atoms with Crippen molar-refractivity contribution >= 4 is 0 Å². The van der Waals surface area contributed by atoms with Crippen molar-refractivity contribution in [2.24, 2.45) is 11.3 Å². The first-order chi connectivity index (χ1) is 9.64. The molecule has 3 atom stereocenters. The minimum atomic E-state index is -0.230. The third-order valence-electron chi connectivity index (χ3n) is 4.91. The van der Waals surface area contributed by atoms with Gasteiger partial charge in [-0.2, -0.15) is 5.26 Å². The van der Waals surface area contributed by atoms with Crippen LogP contribution in [0.15, 0.2) is 18.2 Å². The van der Waals surface area contributed by atoms with Crippen molar-refractivity contribution in [3.05, 3.63) is 29.6 Å². The molecule has 106 valence electrons. The number of nitriles is 1. The summed E-state index contributed by atoms with van der Waals surface area (Å²) in [6.45, 7) is 2.20. The monoisotopic (exact) mass is 273 g/mol. The molecule has 0 bridgehead atoms. The van der Waals surface area contributed by atoms with Crippen LogP contribution in [0, 0.1) is 28.5 Å². The molecule has 2 nitrogen and oxygen atoms in total. The van der Waals surface area contributed by atoms with Gasteiger partial charge >= 0.3 is 0 Å². The van der Waals surface area contributed by atoms with Crippen LogP contribution < -0.4 is 4.74 Å². The molecule has 1 heterocycles. The molecule has 20 heavy (non-hydrogen) atoms. The number of hydrogen-bond acceptors (Lipinski definition) is 2. The van der Waals surface area contributed by atoms with Crippen LogP contribution in [0.25, 0.3) is 0 Å². The molecule has 0 N–H and O–H groups in total. The first-order valence-electron chi connectivity index (χ1n) is 7.50. The summed E-state index contributed by atoms with van der Waals surface area (Å²) in [5.74, 6) is 1.25. The average Bonchev–Trinajstić information content (AvgIpc) is 3.02. The van der Waals surface area contributed by atoms with E-state index in [1.54, 1.807) is 12.1 Å². The van der Waals surface area contributed by atoms with Gasteiger partial charge in [0.05, 0.1) is 11.5 Å². The van der Waals surface area contributed by atoms with Gasteiger partial charge in [0.2, 0.25) is 0 Å². The van der Waals surface area contributed by atoms with Gasteiger partial charge in [0, 0.05) is 18.4 Å². The normalized spacial score (nSPS) is 31.6. The Morgan fingerprint density at radius 1 is 1.50 bits per heavy atom. The predicted octanol–water partition coefficient (Wildman–Crippen LogP) is 4.24. The number of fused-ring (bicyclic) bond motifs is 1. The zero-order valence-corrected chi connectivity index (χ0v) is 11.9. The average molecular weight is 273 g/mol. The van der Waals surface area contributed by atoms with Gasteiger partial charge in [0.1, 0.15) is 17.7 Å². The van der Waals surface area contributed by atoms with E-state index in [9.17, 15) is 9.65 Å². The Kier molecular flexibility index (Phi) is 3.41. The molecule has 1 aromatic carbocycles. The molecule has 3 rings (SSSR count). The Labute approximate surface area is 119 Å². The molecular formula is C17H20FNO. The highest BCUT2D eigenvalue weighted by Crippen LogP contribution is 2.47. The fraction of sp³-hybridized carbons (Fsp3) is 0.588. The van der Waals surface area contributed by atoms with Gasteiger partial charge < -0.3 is 4.74 Å². The lowest BCUT2D eigenvalue weighted by Gasteiger charge is -2.24. The number of ether oxygens (including phenoxy) is 1. The van der Waals surface area contributed by atoms with E-state index < -0.39 is 0 Å². The van der Waals surface area contributed by atoms with E-state index in [0.29, 0.717) is 5.92 Å². The van der Waals surface area contributed by atoms with Crippen LogP contribution in [0.2, 0.25) is 0 Å². The third-order valence-corrected chi connectivity index (χ3v) is 4.91. The molecule has 2 aliphatic rings. The number of benzene rings is 1. The molecule has 0 amide bonds. The Morgan fingerprint density at radius 3 is 3.05 bits per heavy atom. The Bertz CT molecular complexity index is 550. The van der Waals surface area contributed by atoms with Gasteiger partial charge in [-0.3, -0.25) is 0 Å². The third kappa shape index (κ3) is 2.40. The largest absolute Gasteiger partial charge is 0.490 e. The van der Waals surface area contributed by atoms with Crippen LogP contribution >= 0.6 is 0 Å². The summed E-state index contributed by atoms with van der Waals surface area (Å²) < 4.78 is 19.1. The van der Waals surface area contributed by atoms with Crippen LogP contribution in [0.3, 0.4) is 0 Å². The highest BCUT2D eigenvalue weighted by Gasteiger charge is 2.42. The first kappa shape index (κ1) is 13.4. The van der Waals surface area contributed by atoms with E-state index in [2.05, 4.69) is 13.0 Å². The van der Waals surface area contributed by atoms with Crippen molar-refractivity contribution in [3.63, 3.8) is 0 Å². The highest BCUT2D eigenvalue weighted by atomic mass is 19.1. The maximum atomic E-state index is 13.2. The smallest absolute Gasteiger partial charge is 0.123 e. The van der Waals surface area contributed by atoms with E-state index in [1.807, 2.05) is 0 Å². The molecule has 0 spiro atoms. The summed E-state index contributed by atoms with van der Waals surface area (Å²) in [5.41, 5.74) is 0.708. The van der Waals surface area contributed by atoms with E-state index in [-0.39, 0.29) is 17.3 Å². The van der Waals surface area contributed by atoms with Gasteiger partial charge in [-0.05, 0) is 43.4 Å². The maximum absolute atomic E-state index is 13.2. The molecule has 0 saturated heterocycles. The molecule has 1 aliphatic carbocycles. The summed E-state index contributed by atoms with van der Waals surface area (Å²) in [4.78, 5) is 0. The molecule has 3 unspecified atom stereocenters. The predicted molar refractivity (Wildman–Crippen MR) is 74.8 cm³/mol. The van der Waals surface area contributed by atoms with Crippen LogP contribution in [-0.2, 0) is 6.42 Å². The minimum absolute atomic E-state index is 0.0297. The summed E-state index contributed by atoms with van der Waals surface area (Å²) in [5, 5.41) is 9.59. The molecule has 3 heteroatoms. The lowest BCUT2D eigenvalue weighted by molar-refractivity contribution is 0.166. The number of nitrogens with zero attached hydrogens (tertiary/aromatic N) is 1. The van der Waals surface area contributed by atoms with Crippen LogP contribution in [0.4, 0.5) is 4.39 Å². The van der Waals surface area contributed by atoms with Gasteiger partial charge in [-0.15, -0.1) is 0 Å². The molecule has 1 saturated carbocycles. The van der Waals surface area contributed by atoms with Crippen molar-refractivity contribution in [3.8, 4) is 11.8 Å². The van der Waals surface area contributed by atoms with Crippen molar-refractivity contribution in [2.45, 2.75) is 51.6 Å². The fourth-order valence-corrected chi connectivity index (χ4v) is 3.76. The van der Waals surface area contributed by atoms with Crippen LogP contribution in [0.1, 0.15) is 44.6 Å². The maximum Gasteiger partial charge on any atom is 0.123 e. The van der Waals surface area contributed by atoms with Gasteiger partial charge in [-0.25, -0.2) is 4.39 Å². The SMILES string of the molecule is CCC1CCC(C#N)(CC2Cc3cc(F)ccc3O2)C1. The van der Waals surface area contributed by atoms with Crippen molar-refractivity contribution in [1.29, 1.82) is 5.26 Å². The van der Waals surface area contributed by atoms with Gasteiger partial charge in [0.25, 0.3) is 0 Å². The second-order valence-electron chi connectivity index (χ2n) is 6.31. The van der Waals surface area contributed by atoms with Crippen molar-refractivity contribution < 1.29 is 9.13 Å². The Hall–Kier alpha value is -1.56. The number of rotatable bonds is 3. The van der Waals surface area contributed by atoms with Crippen molar-refractivity contribution in [2.75, 3.05) is 0 Å². The first-order valence-corrected chi connectivity index (χ1v) is 7.50. The number of hydrogen-bond donors (Lipinski definition) is 0. The molecule has 1 aromatic rings. The molecular weight excluding hydrogens is 253 g/mol. The minimum Gasteiger partial charge on any atom is -0.490 e. The van der Waals surface area contributed by atoms with Crippen molar-refractivity contribution in [1.82, 2.24) is 0 Å². The Morgan fingerprint density at radius 2 is 2.35 bits per heavy atom. The topological polar surface area (TPSA) is 33.0 Å². The zero-order chi connectivity index (χ0) is 14.2. The lowest BCUT2D eigenvalue weighted by Crippen LogP contribution is -2.25. The van der Waals surface area contributed by atoms with Gasteiger partial charge in [0.15, 0.2) is 0 Å². The summed E-state index contributed by atoms with van der Waals surface area (Å²) in [6, 6.07) is 7.24. The standard InChI is InChI=1S/C17H20FNO/c1-2-12-5-6-17(9-12,11-19)10-15-8-13-7-14(18)3-4-16(13)20-15/h3-4,7,12,15H,2,5-6,8-10H2,1H3. The molecule has 1 fully saturated rings. The van der Waals surface area contributed by atoms with E-state index in [0.717, 1.165) is 49.8 Å². The lowest BCUT2D eigenvalue weighted by atomic mass is 9.80. The Balaban J connectivity index is 1.70.